The van der Waals surface area contributed by atoms with Gasteiger partial charge in [-0.3, -0.25) is 0 Å². The Kier molecular flexibility index (Phi) is 5.60. The molecule has 0 bridgehead atoms. The molecule has 0 saturated heterocycles. The van der Waals surface area contributed by atoms with E-state index in [4.69, 9.17) is 9.47 Å². The number of nitrogens with one attached hydrogen (secondary N) is 2. The molecule has 1 aliphatic rings. The minimum Gasteiger partial charge on any atom is -0.496 e. The molecule has 0 fully saturated rings. The van der Waals surface area contributed by atoms with Crippen LogP contribution in [-0.4, -0.2) is 35.2 Å². The number of aromatic nitrogens is 3. The van der Waals surface area contributed by atoms with Crippen molar-refractivity contribution in [2.75, 3.05) is 20.2 Å². The van der Waals surface area contributed by atoms with Crippen LogP contribution in [0.15, 0.2) is 67.0 Å². The van der Waals surface area contributed by atoms with Gasteiger partial charge >= 0.3 is 0 Å². The van der Waals surface area contributed by atoms with Gasteiger partial charge in [-0.25, -0.2) is 9.97 Å². The van der Waals surface area contributed by atoms with Gasteiger partial charge in [0.05, 0.1) is 18.5 Å². The van der Waals surface area contributed by atoms with E-state index in [0.717, 1.165) is 64.6 Å². The first-order valence-corrected chi connectivity index (χ1v) is 10.9. The van der Waals surface area contributed by atoms with Gasteiger partial charge in [0.25, 0.3) is 0 Å². The van der Waals surface area contributed by atoms with Crippen LogP contribution < -0.4 is 14.8 Å². The Balaban J connectivity index is 1.47. The quantitative estimate of drug-likeness (QED) is 0.446. The van der Waals surface area contributed by atoms with Crippen molar-refractivity contribution >= 4 is 16.6 Å². The Morgan fingerprint density at radius 1 is 1.03 bits per heavy atom. The normalized spacial score (nSPS) is 14.8. The van der Waals surface area contributed by atoms with Crippen molar-refractivity contribution in [3.8, 4) is 22.8 Å². The number of nitrogens with zero attached hydrogens (tertiary/aromatic N) is 2. The summed E-state index contributed by atoms with van der Waals surface area (Å²) in [5, 5.41) is 4.38. The van der Waals surface area contributed by atoms with Crippen molar-refractivity contribution < 1.29 is 9.47 Å². The maximum Gasteiger partial charge on any atom is 0.141 e. The highest BCUT2D eigenvalue weighted by molar-refractivity contribution is 5.92. The van der Waals surface area contributed by atoms with Gasteiger partial charge in [-0.15, -0.1) is 0 Å². The molecule has 2 N–H and O–H groups in total. The van der Waals surface area contributed by atoms with Crippen LogP contribution in [0.5, 0.6) is 11.5 Å². The van der Waals surface area contributed by atoms with E-state index in [1.54, 1.807) is 13.4 Å². The van der Waals surface area contributed by atoms with Gasteiger partial charge in [-0.1, -0.05) is 36.4 Å². The van der Waals surface area contributed by atoms with E-state index in [1.807, 2.05) is 43.3 Å². The average molecular weight is 427 g/mol. The van der Waals surface area contributed by atoms with Gasteiger partial charge in [0, 0.05) is 23.6 Å². The van der Waals surface area contributed by atoms with Crippen LogP contribution in [0.4, 0.5) is 0 Å². The fourth-order valence-corrected chi connectivity index (χ4v) is 4.14. The van der Waals surface area contributed by atoms with Crippen LogP contribution in [0.25, 0.3) is 27.9 Å². The highest BCUT2D eigenvalue weighted by Gasteiger charge is 2.17. The maximum atomic E-state index is 6.17. The standard InChI is InChI=1S/C26H26N4O2/c1-17(18-6-4-3-5-7-18)32-20-8-9-21(24(14-20)31-2)23-15-22-25(19-10-12-27-13-11-19)28-16-29-26(22)30-23/h3-10,14-17,27H,11-13H2,1-2H3,(H,28,29,30)/t17-/m0/s1. The smallest absolute Gasteiger partial charge is 0.141 e. The maximum absolute atomic E-state index is 6.17. The number of ether oxygens (including phenoxy) is 2. The summed E-state index contributed by atoms with van der Waals surface area (Å²) in [5.41, 5.74) is 6.10. The average Bonchev–Trinajstić information content (AvgIpc) is 3.29. The topological polar surface area (TPSA) is 72.1 Å². The van der Waals surface area contributed by atoms with Gasteiger partial charge in [-0.2, -0.15) is 0 Å². The molecule has 162 valence electrons. The summed E-state index contributed by atoms with van der Waals surface area (Å²) in [5.74, 6) is 1.50. The Bertz CT molecular complexity index is 1260. The van der Waals surface area contributed by atoms with Crippen LogP contribution in [0.3, 0.4) is 0 Å². The second-order valence-electron chi connectivity index (χ2n) is 7.88. The predicted octanol–water partition coefficient (Wildman–Crippen LogP) is 5.15. The summed E-state index contributed by atoms with van der Waals surface area (Å²) in [4.78, 5) is 12.5. The first-order valence-electron chi connectivity index (χ1n) is 10.9. The number of fused-ring (bicyclic) bond motifs is 1. The summed E-state index contributed by atoms with van der Waals surface area (Å²) >= 11 is 0. The Labute approximate surface area is 187 Å². The predicted molar refractivity (Wildman–Crippen MR) is 127 cm³/mol. The number of rotatable bonds is 6. The lowest BCUT2D eigenvalue weighted by Crippen LogP contribution is -2.20. The molecule has 3 heterocycles. The zero-order valence-corrected chi connectivity index (χ0v) is 18.3. The third-order valence-electron chi connectivity index (χ3n) is 5.84. The summed E-state index contributed by atoms with van der Waals surface area (Å²) in [6, 6.07) is 18.2. The molecule has 1 aliphatic heterocycles. The molecule has 0 amide bonds. The molecule has 6 heteroatoms. The fraction of sp³-hybridized carbons (Fsp3) is 0.231. The Hall–Kier alpha value is -3.64. The van der Waals surface area contributed by atoms with Crippen LogP contribution in [-0.2, 0) is 0 Å². The lowest BCUT2D eigenvalue weighted by atomic mass is 10.0. The summed E-state index contributed by atoms with van der Waals surface area (Å²) in [6.45, 7) is 3.88. The first kappa shape index (κ1) is 20.3. The third-order valence-corrected chi connectivity index (χ3v) is 5.84. The highest BCUT2D eigenvalue weighted by atomic mass is 16.5. The third kappa shape index (κ3) is 3.97. The van der Waals surface area contributed by atoms with Crippen LogP contribution >= 0.6 is 0 Å². The van der Waals surface area contributed by atoms with Crippen molar-refractivity contribution in [2.24, 2.45) is 0 Å². The van der Waals surface area contributed by atoms with Crippen molar-refractivity contribution in [3.63, 3.8) is 0 Å². The van der Waals surface area contributed by atoms with E-state index in [1.165, 1.54) is 5.57 Å². The second kappa shape index (κ2) is 8.85. The largest absolute Gasteiger partial charge is 0.496 e. The monoisotopic (exact) mass is 426 g/mol. The van der Waals surface area contributed by atoms with Gasteiger partial charge in [0.2, 0.25) is 0 Å². The van der Waals surface area contributed by atoms with E-state index in [-0.39, 0.29) is 6.10 Å². The SMILES string of the molecule is COc1cc(O[C@@H](C)c2ccccc2)ccc1-c1cc2c(C3=CCNCC3)ncnc2[nH]1. The summed E-state index contributed by atoms with van der Waals surface area (Å²) < 4.78 is 11.9. The van der Waals surface area contributed by atoms with Gasteiger partial charge in [0.15, 0.2) is 0 Å². The van der Waals surface area contributed by atoms with E-state index < -0.39 is 0 Å². The second-order valence-corrected chi connectivity index (χ2v) is 7.88. The molecule has 1 atom stereocenters. The molecule has 32 heavy (non-hydrogen) atoms. The van der Waals surface area contributed by atoms with Crippen molar-refractivity contribution in [1.29, 1.82) is 0 Å². The minimum absolute atomic E-state index is 0.0593. The van der Waals surface area contributed by atoms with Gasteiger partial charge < -0.3 is 19.8 Å². The van der Waals surface area contributed by atoms with E-state index >= 15 is 0 Å². The van der Waals surface area contributed by atoms with Gasteiger partial charge in [0.1, 0.15) is 29.6 Å². The van der Waals surface area contributed by atoms with Crippen LogP contribution in [0.2, 0.25) is 0 Å². The molecule has 0 saturated carbocycles. The molecule has 4 aromatic rings. The number of H-pyrrole nitrogens is 1. The summed E-state index contributed by atoms with van der Waals surface area (Å²) in [7, 11) is 1.68. The number of aromatic amines is 1. The van der Waals surface area contributed by atoms with Crippen molar-refractivity contribution in [1.82, 2.24) is 20.3 Å². The molecular formula is C26H26N4O2. The number of benzene rings is 2. The van der Waals surface area contributed by atoms with E-state index in [2.05, 4.69) is 44.5 Å². The molecule has 0 unspecified atom stereocenters. The molecule has 0 spiro atoms. The lowest BCUT2D eigenvalue weighted by molar-refractivity contribution is 0.226. The molecule has 2 aromatic heterocycles. The molecule has 0 radical (unpaired) electrons. The molecular weight excluding hydrogens is 400 g/mol. The number of hydrogen-bond acceptors (Lipinski definition) is 5. The fourth-order valence-electron chi connectivity index (χ4n) is 4.14. The minimum atomic E-state index is -0.0593. The van der Waals surface area contributed by atoms with E-state index in [0.29, 0.717) is 0 Å². The van der Waals surface area contributed by atoms with Crippen LogP contribution in [0, 0.1) is 0 Å². The lowest BCUT2D eigenvalue weighted by Gasteiger charge is -2.16. The Morgan fingerprint density at radius 2 is 1.91 bits per heavy atom. The van der Waals surface area contributed by atoms with Crippen molar-refractivity contribution in [3.05, 3.63) is 78.3 Å². The molecule has 2 aromatic carbocycles. The van der Waals surface area contributed by atoms with Crippen LogP contribution in [0.1, 0.15) is 30.7 Å². The first-order chi connectivity index (χ1) is 15.7. The molecule has 6 nitrogen and oxygen atoms in total. The van der Waals surface area contributed by atoms with Crippen molar-refractivity contribution in [2.45, 2.75) is 19.4 Å². The van der Waals surface area contributed by atoms with Gasteiger partial charge in [-0.05, 0) is 49.2 Å². The van der Waals surface area contributed by atoms with E-state index in [9.17, 15) is 0 Å². The zero-order valence-electron chi connectivity index (χ0n) is 18.3. The zero-order chi connectivity index (χ0) is 21.9. The Morgan fingerprint density at radius 3 is 2.69 bits per heavy atom. The summed E-state index contributed by atoms with van der Waals surface area (Å²) in [6.07, 6.45) is 4.73. The molecule has 0 aliphatic carbocycles. The number of hydrogen-bond donors (Lipinski definition) is 2. The highest BCUT2D eigenvalue weighted by Crippen LogP contribution is 2.36. The number of methoxy groups -OCH3 is 1. The molecule has 5 rings (SSSR count).